The van der Waals surface area contributed by atoms with Gasteiger partial charge in [0.25, 0.3) is 5.91 Å². The number of hydrogen-bond acceptors (Lipinski definition) is 4. The highest BCUT2D eigenvalue weighted by molar-refractivity contribution is 7.80. The van der Waals surface area contributed by atoms with Gasteiger partial charge >= 0.3 is 0 Å². The molecule has 1 aromatic heterocycles. The summed E-state index contributed by atoms with van der Waals surface area (Å²) < 4.78 is 5.79. The molecule has 138 valence electrons. The zero-order valence-corrected chi connectivity index (χ0v) is 16.1. The van der Waals surface area contributed by atoms with E-state index in [0.29, 0.717) is 33.3 Å². The van der Waals surface area contributed by atoms with E-state index in [1.807, 2.05) is 18.2 Å². The number of fused-ring (bicyclic) bond motifs is 1. The van der Waals surface area contributed by atoms with Crippen molar-refractivity contribution in [2.75, 3.05) is 5.32 Å². The molecule has 0 radical (unpaired) electrons. The quantitative estimate of drug-likeness (QED) is 0.452. The van der Waals surface area contributed by atoms with E-state index in [1.165, 1.54) is 0 Å². The second-order valence-electron chi connectivity index (χ2n) is 5.99. The van der Waals surface area contributed by atoms with E-state index in [2.05, 4.69) is 15.6 Å². The molecule has 4 rings (SSSR count). The fourth-order valence-electron chi connectivity index (χ4n) is 2.68. The van der Waals surface area contributed by atoms with Crippen molar-refractivity contribution in [3.63, 3.8) is 0 Å². The zero-order chi connectivity index (χ0) is 19.5. The van der Waals surface area contributed by atoms with Gasteiger partial charge in [0.1, 0.15) is 5.52 Å². The van der Waals surface area contributed by atoms with Gasteiger partial charge in [-0.15, -0.1) is 0 Å². The summed E-state index contributed by atoms with van der Waals surface area (Å²) in [4.78, 5) is 16.7. The Morgan fingerprint density at radius 1 is 1.00 bits per heavy atom. The third-order valence-corrected chi connectivity index (χ3v) is 4.42. The minimum absolute atomic E-state index is 0.201. The summed E-state index contributed by atoms with van der Waals surface area (Å²) in [6.45, 7) is 0. The fourth-order valence-corrected chi connectivity index (χ4v) is 3.08. The topological polar surface area (TPSA) is 67.2 Å². The van der Waals surface area contributed by atoms with Crippen LogP contribution < -0.4 is 10.6 Å². The monoisotopic (exact) mass is 407 g/mol. The summed E-state index contributed by atoms with van der Waals surface area (Å²) in [5.74, 6) is 0.207. The highest BCUT2D eigenvalue weighted by Crippen LogP contribution is 2.27. The normalized spacial score (nSPS) is 10.6. The molecule has 3 aromatic carbocycles. The number of carbonyl (C=O) groups excluding carboxylic acids is 1. The van der Waals surface area contributed by atoms with Gasteiger partial charge in [0.05, 0.1) is 0 Å². The Labute approximate surface area is 171 Å². The lowest BCUT2D eigenvalue weighted by molar-refractivity contribution is 0.0977. The first-order valence-corrected chi connectivity index (χ1v) is 9.21. The van der Waals surface area contributed by atoms with Gasteiger partial charge in [-0.1, -0.05) is 35.9 Å². The number of oxazole rings is 1. The first-order valence-electron chi connectivity index (χ1n) is 8.42. The number of halogens is 1. The molecule has 0 aliphatic carbocycles. The van der Waals surface area contributed by atoms with E-state index in [9.17, 15) is 4.79 Å². The van der Waals surface area contributed by atoms with Crippen LogP contribution in [0.25, 0.3) is 22.6 Å². The molecule has 0 aliphatic heterocycles. The number of benzene rings is 3. The maximum Gasteiger partial charge on any atom is 0.257 e. The third kappa shape index (κ3) is 4.03. The average molecular weight is 408 g/mol. The molecule has 0 unspecified atom stereocenters. The van der Waals surface area contributed by atoms with Crippen LogP contribution >= 0.6 is 23.8 Å². The number of amides is 1. The predicted molar refractivity (Wildman–Crippen MR) is 115 cm³/mol. The van der Waals surface area contributed by atoms with Gasteiger partial charge < -0.3 is 9.73 Å². The molecule has 0 saturated heterocycles. The van der Waals surface area contributed by atoms with Gasteiger partial charge in [-0.2, -0.15) is 0 Å². The lowest BCUT2D eigenvalue weighted by Crippen LogP contribution is -2.34. The maximum absolute atomic E-state index is 12.2. The molecule has 7 heteroatoms. The van der Waals surface area contributed by atoms with Crippen molar-refractivity contribution >= 4 is 51.6 Å². The Kier molecular flexibility index (Phi) is 5.06. The van der Waals surface area contributed by atoms with Gasteiger partial charge in [0, 0.05) is 21.8 Å². The maximum atomic E-state index is 12.2. The number of nitrogens with one attached hydrogen (secondary N) is 2. The Morgan fingerprint density at radius 2 is 1.82 bits per heavy atom. The molecule has 4 aromatic rings. The predicted octanol–water partition coefficient (Wildman–Crippen LogP) is 5.28. The van der Waals surface area contributed by atoms with Crippen molar-refractivity contribution in [3.05, 3.63) is 83.4 Å². The van der Waals surface area contributed by atoms with Crippen molar-refractivity contribution in [2.24, 2.45) is 0 Å². The second kappa shape index (κ2) is 7.80. The summed E-state index contributed by atoms with van der Waals surface area (Å²) in [7, 11) is 0. The van der Waals surface area contributed by atoms with Crippen LogP contribution in [0.4, 0.5) is 5.69 Å². The van der Waals surface area contributed by atoms with Crippen molar-refractivity contribution in [3.8, 4) is 11.5 Å². The first-order chi connectivity index (χ1) is 13.6. The van der Waals surface area contributed by atoms with Crippen LogP contribution in [-0.4, -0.2) is 16.0 Å². The Balaban J connectivity index is 1.50. The number of aromatic nitrogens is 1. The summed E-state index contributed by atoms with van der Waals surface area (Å²) in [5.41, 5.74) is 3.32. The lowest BCUT2D eigenvalue weighted by atomic mass is 10.2. The number of thiocarbonyl (C=S) groups is 1. The third-order valence-electron chi connectivity index (χ3n) is 3.98. The minimum Gasteiger partial charge on any atom is -0.436 e. The largest absolute Gasteiger partial charge is 0.436 e. The van der Waals surface area contributed by atoms with Crippen LogP contribution in [0.3, 0.4) is 0 Å². The number of hydrogen-bond donors (Lipinski definition) is 2. The van der Waals surface area contributed by atoms with E-state index in [1.54, 1.807) is 54.6 Å². The van der Waals surface area contributed by atoms with Crippen LogP contribution in [0.15, 0.2) is 77.2 Å². The van der Waals surface area contributed by atoms with Crippen LogP contribution in [0, 0.1) is 0 Å². The molecule has 0 spiro atoms. The van der Waals surface area contributed by atoms with Crippen molar-refractivity contribution in [1.29, 1.82) is 0 Å². The number of carbonyl (C=O) groups is 1. The SMILES string of the molecule is O=C(NC(=S)Nc1ccc2oc(-c3cccc(Cl)c3)nc2c1)c1ccccc1. The molecule has 0 saturated carbocycles. The summed E-state index contributed by atoms with van der Waals surface area (Å²) >= 11 is 11.3. The Morgan fingerprint density at radius 3 is 2.61 bits per heavy atom. The number of anilines is 1. The fraction of sp³-hybridized carbons (Fsp3) is 0. The molecular weight excluding hydrogens is 394 g/mol. The highest BCUT2D eigenvalue weighted by atomic mass is 35.5. The molecule has 0 bridgehead atoms. The van der Waals surface area contributed by atoms with Gasteiger partial charge in [-0.25, -0.2) is 4.98 Å². The van der Waals surface area contributed by atoms with E-state index in [-0.39, 0.29) is 11.0 Å². The summed E-state index contributed by atoms with van der Waals surface area (Å²) in [6.07, 6.45) is 0. The smallest absolute Gasteiger partial charge is 0.257 e. The summed E-state index contributed by atoms with van der Waals surface area (Å²) in [6, 6.07) is 21.6. The van der Waals surface area contributed by atoms with E-state index in [0.717, 1.165) is 5.56 Å². The molecule has 0 fully saturated rings. The Hall–Kier alpha value is -3.22. The van der Waals surface area contributed by atoms with Crippen molar-refractivity contribution in [1.82, 2.24) is 10.3 Å². The van der Waals surface area contributed by atoms with Crippen molar-refractivity contribution < 1.29 is 9.21 Å². The van der Waals surface area contributed by atoms with Gasteiger partial charge in [-0.05, 0) is 60.7 Å². The molecule has 1 heterocycles. The molecule has 0 aliphatic rings. The van der Waals surface area contributed by atoms with Gasteiger partial charge in [0.15, 0.2) is 10.7 Å². The first kappa shape index (κ1) is 18.2. The summed E-state index contributed by atoms with van der Waals surface area (Å²) in [5, 5.41) is 6.46. The van der Waals surface area contributed by atoms with E-state index >= 15 is 0 Å². The van der Waals surface area contributed by atoms with Crippen molar-refractivity contribution in [2.45, 2.75) is 0 Å². The Bertz CT molecular complexity index is 1170. The van der Waals surface area contributed by atoms with Crippen LogP contribution in [0.2, 0.25) is 5.02 Å². The van der Waals surface area contributed by atoms with E-state index in [4.69, 9.17) is 28.2 Å². The standard InChI is InChI=1S/C21H14ClN3O2S/c22-15-8-4-7-14(11-15)20-24-17-12-16(9-10-18(17)27-20)23-21(28)25-19(26)13-5-2-1-3-6-13/h1-12H,(H2,23,25,26,28). The van der Waals surface area contributed by atoms with Crippen LogP contribution in [0.5, 0.6) is 0 Å². The average Bonchev–Trinajstić information content (AvgIpc) is 3.12. The van der Waals surface area contributed by atoms with Crippen LogP contribution in [-0.2, 0) is 0 Å². The molecule has 1 amide bonds. The second-order valence-corrected chi connectivity index (χ2v) is 6.83. The lowest BCUT2D eigenvalue weighted by Gasteiger charge is -2.09. The van der Waals surface area contributed by atoms with E-state index < -0.39 is 0 Å². The van der Waals surface area contributed by atoms with Gasteiger partial charge in [0.2, 0.25) is 5.89 Å². The molecule has 5 nitrogen and oxygen atoms in total. The van der Waals surface area contributed by atoms with Crippen LogP contribution in [0.1, 0.15) is 10.4 Å². The zero-order valence-electron chi connectivity index (χ0n) is 14.5. The molecule has 28 heavy (non-hydrogen) atoms. The minimum atomic E-state index is -0.274. The van der Waals surface area contributed by atoms with Gasteiger partial charge in [-0.3, -0.25) is 10.1 Å². The molecule has 0 atom stereocenters. The number of nitrogens with zero attached hydrogens (tertiary/aromatic N) is 1. The number of rotatable bonds is 3. The molecular formula is C21H14ClN3O2S. The molecule has 2 N–H and O–H groups in total. The highest BCUT2D eigenvalue weighted by Gasteiger charge is 2.11.